The van der Waals surface area contributed by atoms with E-state index in [4.69, 9.17) is 11.6 Å². The van der Waals surface area contributed by atoms with Gasteiger partial charge in [0.1, 0.15) is 0 Å². The van der Waals surface area contributed by atoms with E-state index in [1.807, 2.05) is 60.7 Å². The lowest BCUT2D eigenvalue weighted by Crippen LogP contribution is -1.99. The van der Waals surface area contributed by atoms with Crippen molar-refractivity contribution in [2.75, 3.05) is 0 Å². The molecule has 0 atom stereocenters. The molecule has 0 amide bonds. The fourth-order valence-electron chi connectivity index (χ4n) is 3.14. The molecule has 4 rings (SSSR count). The van der Waals surface area contributed by atoms with Crippen LogP contribution in [0.3, 0.4) is 0 Å². The van der Waals surface area contributed by atoms with Crippen LogP contribution in [-0.4, -0.2) is 4.57 Å². The van der Waals surface area contributed by atoms with Gasteiger partial charge in [-0.1, -0.05) is 72.0 Å². The number of rotatable bonds is 2. The molecule has 3 aromatic carbocycles. The first kappa shape index (κ1) is 17.2. The van der Waals surface area contributed by atoms with Gasteiger partial charge in [0.2, 0.25) is 0 Å². The summed E-state index contributed by atoms with van der Waals surface area (Å²) in [5.74, 6) is 6.61. The highest BCUT2D eigenvalue weighted by molar-refractivity contribution is 6.30. The average molecular weight is 368 g/mol. The van der Waals surface area contributed by atoms with Crippen LogP contribution in [0.15, 0.2) is 91.0 Å². The SMILES string of the molecule is Cc1c(C#Cc2ccccc2)cc(-c2ccccc2)n1-c1ccc(Cl)cc1. The molecule has 0 unspecified atom stereocenters. The second-order valence-electron chi connectivity index (χ2n) is 6.32. The van der Waals surface area contributed by atoms with Crippen LogP contribution in [0.1, 0.15) is 16.8 Å². The topological polar surface area (TPSA) is 4.93 Å². The number of halogens is 1. The number of hydrogen-bond acceptors (Lipinski definition) is 0. The zero-order valence-electron chi connectivity index (χ0n) is 15.0. The lowest BCUT2D eigenvalue weighted by Gasteiger charge is -2.12. The highest BCUT2D eigenvalue weighted by Crippen LogP contribution is 2.29. The molecule has 2 heteroatoms. The van der Waals surface area contributed by atoms with Crippen LogP contribution in [0.25, 0.3) is 16.9 Å². The van der Waals surface area contributed by atoms with Crippen molar-refractivity contribution in [3.63, 3.8) is 0 Å². The van der Waals surface area contributed by atoms with Crippen molar-refractivity contribution in [2.24, 2.45) is 0 Å². The van der Waals surface area contributed by atoms with Gasteiger partial charge in [-0.05, 0) is 55.0 Å². The molecule has 0 aliphatic rings. The summed E-state index contributed by atoms with van der Waals surface area (Å²) in [7, 11) is 0. The van der Waals surface area contributed by atoms with Crippen molar-refractivity contribution in [1.29, 1.82) is 0 Å². The smallest absolute Gasteiger partial charge is 0.0544 e. The quantitative estimate of drug-likeness (QED) is 0.356. The van der Waals surface area contributed by atoms with E-state index >= 15 is 0 Å². The van der Waals surface area contributed by atoms with Crippen molar-refractivity contribution in [3.05, 3.63) is 113 Å². The van der Waals surface area contributed by atoms with Gasteiger partial charge >= 0.3 is 0 Å². The third kappa shape index (κ3) is 3.67. The summed E-state index contributed by atoms with van der Waals surface area (Å²) in [6.45, 7) is 2.11. The van der Waals surface area contributed by atoms with E-state index in [-0.39, 0.29) is 0 Å². The lowest BCUT2D eigenvalue weighted by atomic mass is 10.1. The Morgan fingerprint density at radius 2 is 1.37 bits per heavy atom. The van der Waals surface area contributed by atoms with E-state index < -0.39 is 0 Å². The minimum atomic E-state index is 0.730. The van der Waals surface area contributed by atoms with Crippen LogP contribution in [0, 0.1) is 18.8 Å². The normalized spacial score (nSPS) is 10.3. The summed E-state index contributed by atoms with van der Waals surface area (Å²) < 4.78 is 2.24. The van der Waals surface area contributed by atoms with Crippen molar-refractivity contribution in [3.8, 4) is 28.8 Å². The zero-order valence-corrected chi connectivity index (χ0v) is 15.7. The molecule has 0 radical (unpaired) electrons. The molecule has 0 aliphatic heterocycles. The first-order valence-electron chi connectivity index (χ1n) is 8.83. The van der Waals surface area contributed by atoms with E-state index in [9.17, 15) is 0 Å². The maximum atomic E-state index is 6.09. The number of aromatic nitrogens is 1. The lowest BCUT2D eigenvalue weighted by molar-refractivity contribution is 1.02. The molecule has 1 heterocycles. The highest BCUT2D eigenvalue weighted by Gasteiger charge is 2.13. The molecular weight excluding hydrogens is 350 g/mol. The largest absolute Gasteiger partial charge is 0.313 e. The molecule has 0 saturated carbocycles. The first-order chi connectivity index (χ1) is 13.2. The summed E-state index contributed by atoms with van der Waals surface area (Å²) in [5, 5.41) is 0.730. The third-order valence-corrected chi connectivity index (χ3v) is 4.77. The van der Waals surface area contributed by atoms with Gasteiger partial charge in [-0.2, -0.15) is 0 Å². The predicted molar refractivity (Wildman–Crippen MR) is 113 cm³/mol. The number of benzene rings is 3. The summed E-state index contributed by atoms with van der Waals surface area (Å²) in [6, 6.07) is 30.5. The van der Waals surface area contributed by atoms with Crippen LogP contribution < -0.4 is 0 Å². The Kier molecular flexibility index (Phi) is 4.83. The van der Waals surface area contributed by atoms with Gasteiger partial charge in [-0.3, -0.25) is 0 Å². The summed E-state index contributed by atoms with van der Waals surface area (Å²) in [6.07, 6.45) is 0. The van der Waals surface area contributed by atoms with Gasteiger partial charge in [0, 0.05) is 27.5 Å². The number of nitrogens with zero attached hydrogens (tertiary/aromatic N) is 1. The molecule has 1 aromatic heterocycles. The maximum absolute atomic E-state index is 6.09. The van der Waals surface area contributed by atoms with Crippen LogP contribution >= 0.6 is 11.6 Å². The van der Waals surface area contributed by atoms with Gasteiger partial charge in [0.25, 0.3) is 0 Å². The van der Waals surface area contributed by atoms with Crippen LogP contribution in [-0.2, 0) is 0 Å². The Morgan fingerprint density at radius 1 is 0.741 bits per heavy atom. The summed E-state index contributed by atoms with van der Waals surface area (Å²) in [5.41, 5.74) is 6.49. The molecule has 0 fully saturated rings. The van der Waals surface area contributed by atoms with Gasteiger partial charge in [-0.15, -0.1) is 0 Å². The summed E-state index contributed by atoms with van der Waals surface area (Å²) in [4.78, 5) is 0. The Hall–Kier alpha value is -3.21. The Labute approximate surface area is 164 Å². The Morgan fingerprint density at radius 3 is 2.04 bits per heavy atom. The van der Waals surface area contributed by atoms with Gasteiger partial charge in [-0.25, -0.2) is 0 Å². The van der Waals surface area contributed by atoms with Crippen molar-refractivity contribution < 1.29 is 0 Å². The molecule has 4 aromatic rings. The van der Waals surface area contributed by atoms with E-state index in [2.05, 4.69) is 53.7 Å². The minimum Gasteiger partial charge on any atom is -0.313 e. The summed E-state index contributed by atoms with van der Waals surface area (Å²) >= 11 is 6.09. The standard InChI is InChI=1S/C25H18ClN/c1-19-22(13-12-20-8-4-2-5-9-20)18-25(21-10-6-3-7-11-21)27(19)24-16-14-23(26)15-17-24/h2-11,14-18H,1H3. The highest BCUT2D eigenvalue weighted by atomic mass is 35.5. The fraction of sp³-hybridized carbons (Fsp3) is 0.0400. The van der Waals surface area contributed by atoms with Crippen LogP contribution in [0.4, 0.5) is 0 Å². The van der Waals surface area contributed by atoms with E-state index in [0.29, 0.717) is 0 Å². The Balaban J connectivity index is 1.87. The zero-order chi connectivity index (χ0) is 18.6. The van der Waals surface area contributed by atoms with E-state index in [0.717, 1.165) is 38.8 Å². The fourth-order valence-corrected chi connectivity index (χ4v) is 3.26. The molecule has 0 bridgehead atoms. The number of hydrogen-bond donors (Lipinski definition) is 0. The molecule has 1 nitrogen and oxygen atoms in total. The van der Waals surface area contributed by atoms with Gasteiger partial charge in [0.05, 0.1) is 5.69 Å². The van der Waals surface area contributed by atoms with Crippen molar-refractivity contribution in [2.45, 2.75) is 6.92 Å². The molecule has 0 spiro atoms. The third-order valence-electron chi connectivity index (χ3n) is 4.52. The Bertz CT molecular complexity index is 1110. The molecule has 0 aliphatic carbocycles. The van der Waals surface area contributed by atoms with E-state index in [1.165, 1.54) is 0 Å². The predicted octanol–water partition coefficient (Wildman–Crippen LogP) is 6.51. The second-order valence-corrected chi connectivity index (χ2v) is 6.76. The maximum Gasteiger partial charge on any atom is 0.0544 e. The van der Waals surface area contributed by atoms with Crippen LogP contribution in [0.5, 0.6) is 0 Å². The van der Waals surface area contributed by atoms with Crippen molar-refractivity contribution >= 4 is 11.6 Å². The molecule has 0 N–H and O–H groups in total. The van der Waals surface area contributed by atoms with E-state index in [1.54, 1.807) is 0 Å². The monoisotopic (exact) mass is 367 g/mol. The molecular formula is C25H18ClN. The first-order valence-corrected chi connectivity index (χ1v) is 9.21. The molecule has 0 saturated heterocycles. The van der Waals surface area contributed by atoms with Gasteiger partial charge < -0.3 is 4.57 Å². The van der Waals surface area contributed by atoms with Crippen LogP contribution in [0.2, 0.25) is 5.02 Å². The molecule has 130 valence electrons. The average Bonchev–Trinajstić information content (AvgIpc) is 3.05. The van der Waals surface area contributed by atoms with Gasteiger partial charge in [0.15, 0.2) is 0 Å². The van der Waals surface area contributed by atoms with Crippen molar-refractivity contribution in [1.82, 2.24) is 4.57 Å². The second kappa shape index (κ2) is 7.58. The molecule has 27 heavy (non-hydrogen) atoms. The minimum absolute atomic E-state index is 0.730.